The summed E-state index contributed by atoms with van der Waals surface area (Å²) in [5.41, 5.74) is 3.05. The Labute approximate surface area is 239 Å². The highest BCUT2D eigenvalue weighted by Gasteiger charge is 2.30. The first-order valence-corrected chi connectivity index (χ1v) is 14.0. The SMILES string of the molecule is CCOC(=O)c1ccc(N=C2S/C(=C/c3ccc(OCc4ccc5ccccc5c4)c(Br)c3)C(=O)N2C)cc1. The third-order valence-electron chi connectivity index (χ3n) is 6.07. The highest BCUT2D eigenvalue weighted by Crippen LogP contribution is 2.35. The van der Waals surface area contributed by atoms with Crippen LogP contribution in [-0.4, -0.2) is 35.6 Å². The molecule has 0 saturated carbocycles. The lowest BCUT2D eigenvalue weighted by Gasteiger charge is -2.10. The maximum atomic E-state index is 12.9. The van der Waals surface area contributed by atoms with Crippen LogP contribution in [0.1, 0.15) is 28.4 Å². The number of amidine groups is 1. The van der Waals surface area contributed by atoms with Gasteiger partial charge in [0.25, 0.3) is 5.91 Å². The van der Waals surface area contributed by atoms with Gasteiger partial charge in [0.05, 0.1) is 27.2 Å². The average molecular weight is 602 g/mol. The van der Waals surface area contributed by atoms with E-state index in [0.717, 1.165) is 21.3 Å². The van der Waals surface area contributed by atoms with E-state index in [1.54, 1.807) is 38.2 Å². The molecular weight excluding hydrogens is 576 g/mol. The molecule has 0 spiro atoms. The number of hydrogen-bond acceptors (Lipinski definition) is 6. The van der Waals surface area contributed by atoms with Crippen molar-refractivity contribution in [3.63, 3.8) is 0 Å². The van der Waals surface area contributed by atoms with E-state index >= 15 is 0 Å². The largest absolute Gasteiger partial charge is 0.488 e. The number of hydrogen-bond donors (Lipinski definition) is 0. The zero-order chi connectivity index (χ0) is 27.4. The van der Waals surface area contributed by atoms with Crippen molar-refractivity contribution in [1.29, 1.82) is 0 Å². The maximum Gasteiger partial charge on any atom is 0.338 e. The predicted octanol–water partition coefficient (Wildman–Crippen LogP) is 7.59. The number of amides is 1. The van der Waals surface area contributed by atoms with Crippen molar-refractivity contribution < 1.29 is 19.1 Å². The van der Waals surface area contributed by atoms with E-state index in [0.29, 0.717) is 34.5 Å². The standard InChI is InChI=1S/C31H25BrN2O4S/c1-3-37-30(36)23-11-13-25(14-12-23)33-31-34(2)29(35)28(39-31)18-20-9-15-27(26(32)17-20)38-19-21-8-10-22-6-4-5-7-24(22)16-21/h4-18H,3,19H2,1-2H3/b28-18+,33-31?. The molecule has 0 aliphatic carbocycles. The molecule has 5 rings (SSSR count). The number of rotatable bonds is 7. The molecule has 0 radical (unpaired) electrons. The van der Waals surface area contributed by atoms with Gasteiger partial charge < -0.3 is 9.47 Å². The minimum atomic E-state index is -0.374. The summed E-state index contributed by atoms with van der Waals surface area (Å²) in [7, 11) is 1.70. The Morgan fingerprint density at radius 2 is 1.77 bits per heavy atom. The molecule has 0 atom stereocenters. The van der Waals surface area contributed by atoms with E-state index in [1.165, 1.54) is 27.4 Å². The van der Waals surface area contributed by atoms with Crippen LogP contribution in [0.25, 0.3) is 16.8 Å². The first-order valence-electron chi connectivity index (χ1n) is 12.3. The van der Waals surface area contributed by atoms with Crippen LogP contribution < -0.4 is 4.74 Å². The molecule has 1 aliphatic heterocycles. The van der Waals surface area contributed by atoms with E-state index in [-0.39, 0.29) is 11.9 Å². The van der Waals surface area contributed by atoms with Gasteiger partial charge in [-0.3, -0.25) is 9.69 Å². The number of aliphatic imine (C=N–C) groups is 1. The Morgan fingerprint density at radius 3 is 2.51 bits per heavy atom. The van der Waals surface area contributed by atoms with Gasteiger partial charge in [-0.1, -0.05) is 42.5 Å². The van der Waals surface area contributed by atoms with Gasteiger partial charge in [-0.05, 0) is 105 Å². The summed E-state index contributed by atoms with van der Waals surface area (Å²) in [6.45, 7) is 2.53. The number of fused-ring (bicyclic) bond motifs is 1. The van der Waals surface area contributed by atoms with E-state index in [4.69, 9.17) is 9.47 Å². The molecule has 0 bridgehead atoms. The Hall–Kier alpha value is -3.88. The normalized spacial score (nSPS) is 15.4. The molecule has 196 valence electrons. The highest BCUT2D eigenvalue weighted by atomic mass is 79.9. The van der Waals surface area contributed by atoms with Gasteiger partial charge in [0.1, 0.15) is 12.4 Å². The molecule has 0 aromatic heterocycles. The van der Waals surface area contributed by atoms with Crippen LogP contribution in [0.15, 0.2) is 99.3 Å². The number of ether oxygens (including phenoxy) is 2. The summed E-state index contributed by atoms with van der Waals surface area (Å²) in [5.74, 6) is 0.219. The van der Waals surface area contributed by atoms with Crippen molar-refractivity contribution in [2.45, 2.75) is 13.5 Å². The Bertz CT molecular complexity index is 1610. The number of halogens is 1. The molecule has 4 aromatic rings. The van der Waals surface area contributed by atoms with Gasteiger partial charge in [-0.2, -0.15) is 0 Å². The lowest BCUT2D eigenvalue weighted by atomic mass is 10.1. The number of carbonyl (C=O) groups is 2. The monoisotopic (exact) mass is 600 g/mol. The first-order chi connectivity index (χ1) is 18.9. The summed E-state index contributed by atoms with van der Waals surface area (Å²) in [6, 6.07) is 27.1. The summed E-state index contributed by atoms with van der Waals surface area (Å²) in [4.78, 5) is 31.4. The molecule has 0 unspecified atom stereocenters. The van der Waals surface area contributed by atoms with Crippen molar-refractivity contribution in [3.05, 3.63) is 111 Å². The molecule has 1 heterocycles. The van der Waals surface area contributed by atoms with Gasteiger partial charge >= 0.3 is 5.97 Å². The number of benzene rings is 4. The Kier molecular flexibility index (Phi) is 8.14. The van der Waals surface area contributed by atoms with Crippen LogP contribution in [0.5, 0.6) is 5.75 Å². The molecule has 0 N–H and O–H groups in total. The van der Waals surface area contributed by atoms with Crippen LogP contribution >= 0.6 is 27.7 Å². The van der Waals surface area contributed by atoms with E-state index < -0.39 is 0 Å². The fourth-order valence-corrected chi connectivity index (χ4v) is 5.51. The van der Waals surface area contributed by atoms with Crippen molar-refractivity contribution in [1.82, 2.24) is 4.90 Å². The second-order valence-corrected chi connectivity index (χ2v) is 10.7. The average Bonchev–Trinajstić information content (AvgIpc) is 3.20. The number of carbonyl (C=O) groups excluding carboxylic acids is 2. The molecule has 39 heavy (non-hydrogen) atoms. The molecule has 1 amide bonds. The second-order valence-electron chi connectivity index (χ2n) is 8.80. The molecule has 8 heteroatoms. The van der Waals surface area contributed by atoms with Gasteiger partial charge in [-0.25, -0.2) is 9.79 Å². The maximum absolute atomic E-state index is 12.9. The smallest absolute Gasteiger partial charge is 0.338 e. The lowest BCUT2D eigenvalue weighted by Crippen LogP contribution is -2.23. The number of likely N-dealkylation sites (N-methyl/N-ethyl adjacent to an activating group) is 1. The summed E-state index contributed by atoms with van der Waals surface area (Å²) >= 11 is 4.91. The fourth-order valence-electron chi connectivity index (χ4n) is 4.01. The third kappa shape index (κ3) is 6.24. The van der Waals surface area contributed by atoms with E-state index in [1.807, 2.05) is 36.4 Å². The zero-order valence-corrected chi connectivity index (χ0v) is 23.8. The third-order valence-corrected chi connectivity index (χ3v) is 7.75. The number of esters is 1. The van der Waals surface area contributed by atoms with Crippen molar-refractivity contribution >= 4 is 67.3 Å². The molecule has 6 nitrogen and oxygen atoms in total. The number of nitrogens with zero attached hydrogens (tertiary/aromatic N) is 2. The van der Waals surface area contributed by atoms with Gasteiger partial charge in [0, 0.05) is 7.05 Å². The molecule has 4 aromatic carbocycles. The summed E-state index contributed by atoms with van der Waals surface area (Å²) in [6.07, 6.45) is 1.84. The predicted molar refractivity (Wildman–Crippen MR) is 160 cm³/mol. The minimum absolute atomic E-state index is 0.130. The quantitative estimate of drug-likeness (QED) is 0.161. The molecule has 1 aliphatic rings. The topological polar surface area (TPSA) is 68.2 Å². The van der Waals surface area contributed by atoms with Crippen molar-refractivity contribution in [2.75, 3.05) is 13.7 Å². The number of thioether (sulfide) groups is 1. The summed E-state index contributed by atoms with van der Waals surface area (Å²) < 4.78 is 11.9. The van der Waals surface area contributed by atoms with Gasteiger partial charge in [-0.15, -0.1) is 0 Å². The van der Waals surface area contributed by atoms with Crippen LogP contribution in [0.4, 0.5) is 5.69 Å². The molecule has 1 saturated heterocycles. The van der Waals surface area contributed by atoms with Crippen molar-refractivity contribution in [2.24, 2.45) is 4.99 Å². The Balaban J connectivity index is 1.27. The molecule has 1 fully saturated rings. The summed E-state index contributed by atoms with van der Waals surface area (Å²) in [5, 5.41) is 2.94. The minimum Gasteiger partial charge on any atom is -0.488 e. The van der Waals surface area contributed by atoms with Gasteiger partial charge in [0.15, 0.2) is 5.17 Å². The van der Waals surface area contributed by atoms with Crippen molar-refractivity contribution in [3.8, 4) is 5.75 Å². The van der Waals surface area contributed by atoms with Crippen LogP contribution in [0.2, 0.25) is 0 Å². The lowest BCUT2D eigenvalue weighted by molar-refractivity contribution is -0.121. The zero-order valence-electron chi connectivity index (χ0n) is 21.4. The van der Waals surface area contributed by atoms with Crippen LogP contribution in [-0.2, 0) is 16.1 Å². The van der Waals surface area contributed by atoms with Gasteiger partial charge in [0.2, 0.25) is 0 Å². The highest BCUT2D eigenvalue weighted by molar-refractivity contribution is 9.10. The molecular formula is C31H25BrN2O4S. The fraction of sp³-hybridized carbons (Fsp3) is 0.129. The van der Waals surface area contributed by atoms with E-state index in [9.17, 15) is 9.59 Å². The first kappa shape index (κ1) is 26.7. The van der Waals surface area contributed by atoms with Crippen LogP contribution in [0, 0.1) is 0 Å². The van der Waals surface area contributed by atoms with E-state index in [2.05, 4.69) is 51.3 Å². The van der Waals surface area contributed by atoms with Crippen LogP contribution in [0.3, 0.4) is 0 Å². The second kappa shape index (κ2) is 11.9. The Morgan fingerprint density at radius 1 is 1.00 bits per heavy atom.